The number of fused-ring (bicyclic) bond motifs is 1. The number of amides is 2. The van der Waals surface area contributed by atoms with Crippen molar-refractivity contribution in [2.24, 2.45) is 11.7 Å². The van der Waals surface area contributed by atoms with E-state index in [2.05, 4.69) is 16.4 Å². The lowest BCUT2D eigenvalue weighted by Gasteiger charge is -2.23. The summed E-state index contributed by atoms with van der Waals surface area (Å²) in [5, 5.41) is 13.1. The van der Waals surface area contributed by atoms with Crippen LogP contribution in [0.2, 0.25) is 0 Å². The molecule has 140 valence electrons. The van der Waals surface area contributed by atoms with Crippen LogP contribution in [-0.4, -0.2) is 40.3 Å². The molecular formula is C20H23N5O2. The van der Waals surface area contributed by atoms with Gasteiger partial charge in [-0.15, -0.1) is 0 Å². The molecule has 2 aliphatic rings. The van der Waals surface area contributed by atoms with Crippen LogP contribution in [0.25, 0.3) is 10.9 Å². The molecule has 1 aromatic heterocycles. The number of carbonyl (C=O) groups is 2. The Kier molecular flexibility index (Phi) is 4.58. The molecule has 2 aromatic rings. The van der Waals surface area contributed by atoms with Crippen LogP contribution < -0.4 is 11.1 Å². The van der Waals surface area contributed by atoms with Gasteiger partial charge in [0, 0.05) is 35.2 Å². The van der Waals surface area contributed by atoms with Crippen LogP contribution in [0.4, 0.5) is 5.69 Å². The van der Waals surface area contributed by atoms with E-state index < -0.39 is 6.04 Å². The number of likely N-dealkylation sites (tertiary alicyclic amines) is 1. The van der Waals surface area contributed by atoms with Gasteiger partial charge in [0.05, 0.1) is 12.1 Å². The zero-order valence-corrected chi connectivity index (χ0v) is 15.1. The van der Waals surface area contributed by atoms with Crippen molar-refractivity contribution in [1.29, 1.82) is 5.26 Å². The molecular weight excluding hydrogens is 342 g/mol. The van der Waals surface area contributed by atoms with Gasteiger partial charge >= 0.3 is 0 Å². The number of aromatic amines is 1. The lowest BCUT2D eigenvalue weighted by Crippen LogP contribution is -2.46. The fourth-order valence-electron chi connectivity index (χ4n) is 3.72. The molecule has 2 fully saturated rings. The van der Waals surface area contributed by atoms with Crippen LogP contribution in [-0.2, 0) is 16.0 Å². The van der Waals surface area contributed by atoms with E-state index >= 15 is 0 Å². The van der Waals surface area contributed by atoms with E-state index in [1.807, 2.05) is 24.4 Å². The number of aromatic nitrogens is 1. The summed E-state index contributed by atoms with van der Waals surface area (Å²) in [6, 6.07) is 6.84. The van der Waals surface area contributed by atoms with Gasteiger partial charge in [0.2, 0.25) is 11.8 Å². The summed E-state index contributed by atoms with van der Waals surface area (Å²) in [6.45, 7) is 0.593. The summed E-state index contributed by atoms with van der Waals surface area (Å²) in [5.74, 6) is 0.0347. The normalized spacial score (nSPS) is 20.4. The van der Waals surface area contributed by atoms with Crippen LogP contribution in [0.5, 0.6) is 0 Å². The molecule has 1 aliphatic heterocycles. The number of hydrogen-bond acceptors (Lipinski definition) is 4. The first-order valence-corrected chi connectivity index (χ1v) is 9.43. The number of hydrogen-bond donors (Lipinski definition) is 3. The lowest BCUT2D eigenvalue weighted by atomic mass is 10.0. The van der Waals surface area contributed by atoms with Gasteiger partial charge < -0.3 is 20.9 Å². The Morgan fingerprint density at radius 3 is 2.93 bits per heavy atom. The first-order valence-electron chi connectivity index (χ1n) is 9.43. The Labute approximate surface area is 157 Å². The zero-order valence-electron chi connectivity index (χ0n) is 15.1. The minimum Gasteiger partial charge on any atom is -0.361 e. The van der Waals surface area contributed by atoms with Crippen molar-refractivity contribution >= 4 is 28.4 Å². The highest BCUT2D eigenvalue weighted by molar-refractivity contribution is 5.97. The number of carbonyl (C=O) groups excluding carboxylic acids is 2. The zero-order chi connectivity index (χ0) is 19.0. The number of H-pyrrole nitrogens is 1. The maximum atomic E-state index is 12.7. The second-order valence-corrected chi connectivity index (χ2v) is 7.47. The van der Waals surface area contributed by atoms with E-state index in [0.717, 1.165) is 41.4 Å². The second-order valence-electron chi connectivity index (χ2n) is 7.47. The van der Waals surface area contributed by atoms with Crippen molar-refractivity contribution in [3.8, 4) is 6.07 Å². The van der Waals surface area contributed by atoms with Crippen molar-refractivity contribution in [1.82, 2.24) is 9.88 Å². The van der Waals surface area contributed by atoms with Crippen LogP contribution in [0.15, 0.2) is 24.4 Å². The number of rotatable bonds is 5. The average Bonchev–Trinajstić information content (AvgIpc) is 3.30. The Bertz CT molecular complexity index is 924. The quantitative estimate of drug-likeness (QED) is 0.750. The molecule has 0 bridgehead atoms. The summed E-state index contributed by atoms with van der Waals surface area (Å²) in [6.07, 6.45) is 5.71. The van der Waals surface area contributed by atoms with Gasteiger partial charge in [-0.05, 0) is 55.9 Å². The number of nitrogens with two attached hydrogens (primary N) is 1. The van der Waals surface area contributed by atoms with Crippen LogP contribution in [0.3, 0.4) is 0 Å². The van der Waals surface area contributed by atoms with E-state index in [0.29, 0.717) is 19.4 Å². The van der Waals surface area contributed by atoms with Gasteiger partial charge in [-0.25, -0.2) is 0 Å². The maximum absolute atomic E-state index is 12.7. The third kappa shape index (κ3) is 3.53. The highest BCUT2D eigenvalue weighted by Crippen LogP contribution is 2.31. The fourth-order valence-corrected chi connectivity index (χ4v) is 3.72. The monoisotopic (exact) mass is 365 g/mol. The number of anilines is 1. The van der Waals surface area contributed by atoms with Gasteiger partial charge in [-0.2, -0.15) is 5.26 Å². The fraction of sp³-hybridized carbons (Fsp3) is 0.450. The Balaban J connectivity index is 1.50. The SMILES string of the molecule is N#CC1CCCN1C(=O)C(N)Cc1c[nH]c2ccc(NC(=O)C3CC3)cc12. The van der Waals surface area contributed by atoms with Crippen molar-refractivity contribution < 1.29 is 9.59 Å². The van der Waals surface area contributed by atoms with E-state index in [9.17, 15) is 14.9 Å². The van der Waals surface area contributed by atoms with Crippen molar-refractivity contribution in [2.45, 2.75) is 44.2 Å². The molecule has 7 heteroatoms. The van der Waals surface area contributed by atoms with E-state index in [1.165, 1.54) is 0 Å². The molecule has 1 aromatic carbocycles. The number of benzene rings is 1. The topological polar surface area (TPSA) is 115 Å². The first kappa shape index (κ1) is 17.6. The summed E-state index contributed by atoms with van der Waals surface area (Å²) < 4.78 is 0. The summed E-state index contributed by atoms with van der Waals surface area (Å²) in [5.41, 5.74) is 8.80. The van der Waals surface area contributed by atoms with Crippen molar-refractivity contribution in [3.05, 3.63) is 30.0 Å². The van der Waals surface area contributed by atoms with Gasteiger partial charge in [0.25, 0.3) is 0 Å². The molecule has 1 saturated heterocycles. The first-order chi connectivity index (χ1) is 13.1. The van der Waals surface area contributed by atoms with Crippen LogP contribution >= 0.6 is 0 Å². The smallest absolute Gasteiger partial charge is 0.240 e. The molecule has 4 N–H and O–H groups in total. The molecule has 1 saturated carbocycles. The minimum atomic E-state index is -0.692. The predicted molar refractivity (Wildman–Crippen MR) is 102 cm³/mol. The molecule has 27 heavy (non-hydrogen) atoms. The van der Waals surface area contributed by atoms with Gasteiger partial charge in [0.1, 0.15) is 6.04 Å². The van der Waals surface area contributed by atoms with Gasteiger partial charge in [-0.3, -0.25) is 9.59 Å². The van der Waals surface area contributed by atoms with Crippen LogP contribution in [0.1, 0.15) is 31.2 Å². The van der Waals surface area contributed by atoms with Crippen molar-refractivity contribution in [3.63, 3.8) is 0 Å². The Morgan fingerprint density at radius 2 is 2.19 bits per heavy atom. The third-order valence-electron chi connectivity index (χ3n) is 5.43. The number of nitrogens with zero attached hydrogens (tertiary/aromatic N) is 2. The van der Waals surface area contributed by atoms with E-state index in [1.54, 1.807) is 4.90 Å². The molecule has 2 unspecified atom stereocenters. The van der Waals surface area contributed by atoms with Crippen molar-refractivity contribution in [2.75, 3.05) is 11.9 Å². The standard InChI is InChI=1S/C20H23N5O2/c21-10-15-2-1-7-25(15)20(27)17(22)8-13-11-23-18-6-5-14(9-16(13)18)24-19(26)12-3-4-12/h5-6,9,11-12,15,17,23H,1-4,7-8,22H2,(H,24,26). The van der Waals surface area contributed by atoms with Gasteiger partial charge in [-0.1, -0.05) is 0 Å². The maximum Gasteiger partial charge on any atom is 0.240 e. The van der Waals surface area contributed by atoms with E-state index in [-0.39, 0.29) is 23.8 Å². The molecule has 7 nitrogen and oxygen atoms in total. The van der Waals surface area contributed by atoms with Crippen LogP contribution in [0, 0.1) is 17.2 Å². The third-order valence-corrected chi connectivity index (χ3v) is 5.43. The molecule has 2 heterocycles. The summed E-state index contributed by atoms with van der Waals surface area (Å²) >= 11 is 0. The summed E-state index contributed by atoms with van der Waals surface area (Å²) in [4.78, 5) is 29.4. The van der Waals surface area contributed by atoms with Gasteiger partial charge in [0.15, 0.2) is 0 Å². The largest absolute Gasteiger partial charge is 0.361 e. The minimum absolute atomic E-state index is 0.0647. The Hall–Kier alpha value is -2.85. The molecule has 2 amide bonds. The highest BCUT2D eigenvalue weighted by Gasteiger charge is 2.32. The molecule has 2 atom stereocenters. The summed E-state index contributed by atoms with van der Waals surface area (Å²) in [7, 11) is 0. The number of nitrogens with one attached hydrogen (secondary N) is 2. The highest BCUT2D eigenvalue weighted by atomic mass is 16.2. The predicted octanol–water partition coefficient (Wildman–Crippen LogP) is 1.90. The Morgan fingerprint density at radius 1 is 1.37 bits per heavy atom. The number of nitriles is 1. The van der Waals surface area contributed by atoms with E-state index in [4.69, 9.17) is 5.73 Å². The molecule has 4 rings (SSSR count). The average molecular weight is 365 g/mol. The molecule has 0 spiro atoms. The second kappa shape index (κ2) is 7.05. The molecule has 1 aliphatic carbocycles. The molecule has 0 radical (unpaired) electrons. The lowest BCUT2D eigenvalue weighted by molar-refractivity contribution is -0.132.